The molecule has 2 N–H and O–H groups in total. The Hall–Kier alpha value is -1.76. The van der Waals surface area contributed by atoms with Gasteiger partial charge in [-0.25, -0.2) is 0 Å². The van der Waals surface area contributed by atoms with Gasteiger partial charge in [0.05, 0.1) is 25.4 Å². The Morgan fingerprint density at radius 1 is 0.568 bits per heavy atom. The van der Waals surface area contributed by atoms with Crippen LogP contribution in [0, 0.1) is 11.8 Å². The van der Waals surface area contributed by atoms with Crippen LogP contribution in [-0.4, -0.2) is 35.0 Å². The third-order valence-corrected chi connectivity index (χ3v) is 6.62. The number of aliphatic hydroxyl groups is 2. The summed E-state index contributed by atoms with van der Waals surface area (Å²) in [6.45, 7) is 9.06. The number of ether oxygens (including phenoxy) is 3. The van der Waals surface area contributed by atoms with Crippen molar-refractivity contribution in [2.45, 2.75) is 117 Å². The van der Waals surface area contributed by atoms with Crippen molar-refractivity contribution in [2.75, 3.05) is 0 Å². The van der Waals surface area contributed by atoms with Gasteiger partial charge in [0.25, 0.3) is 0 Å². The lowest BCUT2D eigenvalue weighted by Crippen LogP contribution is -2.27. The highest BCUT2D eigenvalue weighted by Gasteiger charge is 2.20. The van der Waals surface area contributed by atoms with E-state index in [-0.39, 0.29) is 24.8 Å². The van der Waals surface area contributed by atoms with Crippen molar-refractivity contribution in [1.29, 1.82) is 0 Å². The van der Waals surface area contributed by atoms with Crippen LogP contribution in [0.15, 0.2) is 60.7 Å². The molecule has 2 aromatic rings. The van der Waals surface area contributed by atoms with Crippen LogP contribution in [-0.2, 0) is 27.4 Å². The predicted molar refractivity (Wildman–Crippen MR) is 150 cm³/mol. The molecule has 2 rings (SSSR count). The molecule has 0 aliphatic carbocycles. The summed E-state index contributed by atoms with van der Waals surface area (Å²) in [5.74, 6) is 0.908. The smallest absolute Gasteiger partial charge is 0.161 e. The second-order valence-corrected chi connectivity index (χ2v) is 10.8. The van der Waals surface area contributed by atoms with E-state index in [9.17, 15) is 10.2 Å². The van der Waals surface area contributed by atoms with Crippen LogP contribution in [0.5, 0.6) is 0 Å². The second kappa shape index (κ2) is 18.5. The Morgan fingerprint density at radius 3 is 1.30 bits per heavy atom. The molecule has 0 aliphatic heterocycles. The third kappa shape index (κ3) is 15.3. The van der Waals surface area contributed by atoms with Crippen molar-refractivity contribution in [3.05, 3.63) is 71.8 Å². The molecule has 0 bridgehead atoms. The molecule has 0 radical (unpaired) electrons. The normalized spacial score (nSPS) is 16.6. The third-order valence-electron chi connectivity index (χ3n) is 6.62. The zero-order valence-electron chi connectivity index (χ0n) is 23.4. The van der Waals surface area contributed by atoms with Gasteiger partial charge in [-0.2, -0.15) is 0 Å². The summed E-state index contributed by atoms with van der Waals surface area (Å²) in [5.41, 5.74) is 2.24. The van der Waals surface area contributed by atoms with Crippen molar-refractivity contribution < 1.29 is 24.4 Å². The van der Waals surface area contributed by atoms with Gasteiger partial charge in [-0.05, 0) is 75.3 Å². The monoisotopic (exact) mass is 514 g/mol. The van der Waals surface area contributed by atoms with Gasteiger partial charge in [-0.3, -0.25) is 0 Å². The molecule has 0 amide bonds. The van der Waals surface area contributed by atoms with E-state index in [4.69, 9.17) is 14.2 Å². The van der Waals surface area contributed by atoms with Gasteiger partial charge in [0, 0.05) is 0 Å². The van der Waals surface area contributed by atoms with Crippen molar-refractivity contribution in [3.63, 3.8) is 0 Å². The lowest BCUT2D eigenvalue weighted by Gasteiger charge is -2.26. The van der Waals surface area contributed by atoms with Crippen molar-refractivity contribution in [2.24, 2.45) is 11.8 Å². The summed E-state index contributed by atoms with van der Waals surface area (Å²) in [6.07, 6.45) is 5.86. The van der Waals surface area contributed by atoms with Gasteiger partial charge >= 0.3 is 0 Å². The molecule has 6 unspecified atom stereocenters. The Balaban J connectivity index is 1.99. The number of benzene rings is 2. The molecule has 5 nitrogen and oxygen atoms in total. The van der Waals surface area contributed by atoms with Crippen molar-refractivity contribution in [1.82, 2.24) is 0 Å². The zero-order chi connectivity index (χ0) is 26.9. The van der Waals surface area contributed by atoms with Crippen LogP contribution in [0.25, 0.3) is 0 Å². The van der Waals surface area contributed by atoms with Crippen LogP contribution in [0.3, 0.4) is 0 Å². The molecular formula is C32H50O5. The molecule has 2 aromatic carbocycles. The maximum atomic E-state index is 9.70. The van der Waals surface area contributed by atoms with Gasteiger partial charge in [-0.15, -0.1) is 0 Å². The SMILES string of the molecule is CC(O)CC(C)CCCC(OCc1ccccc1)OC(CCCC(C)CC(C)O)OCc1ccccc1. The fraction of sp³-hybridized carbons (Fsp3) is 0.625. The predicted octanol–water partition coefficient (Wildman–Crippen LogP) is 7.24. The number of hydrogen-bond donors (Lipinski definition) is 2. The largest absolute Gasteiger partial charge is 0.393 e. The zero-order valence-corrected chi connectivity index (χ0v) is 23.4. The molecule has 0 aliphatic rings. The maximum Gasteiger partial charge on any atom is 0.161 e. The van der Waals surface area contributed by atoms with E-state index in [0.717, 1.165) is 62.5 Å². The number of rotatable bonds is 20. The summed E-state index contributed by atoms with van der Waals surface area (Å²) in [4.78, 5) is 0. The summed E-state index contributed by atoms with van der Waals surface area (Å²) in [5, 5.41) is 19.4. The van der Waals surface area contributed by atoms with E-state index >= 15 is 0 Å². The standard InChI is InChI=1S/C32H50O5/c1-25(21-27(3)33)13-11-19-31(35-23-29-15-7-5-8-16-29)37-32(20-12-14-26(2)22-28(4)34)36-24-30-17-9-6-10-18-30/h5-10,15-18,25-28,31-34H,11-14,19-24H2,1-4H3. The molecule has 0 heterocycles. The van der Waals surface area contributed by atoms with E-state index in [1.807, 2.05) is 50.2 Å². The van der Waals surface area contributed by atoms with Gasteiger partial charge in [0.15, 0.2) is 12.6 Å². The number of aliphatic hydroxyl groups excluding tert-OH is 2. The van der Waals surface area contributed by atoms with Crippen LogP contribution >= 0.6 is 0 Å². The van der Waals surface area contributed by atoms with E-state index in [0.29, 0.717) is 25.0 Å². The summed E-state index contributed by atoms with van der Waals surface area (Å²) in [7, 11) is 0. The van der Waals surface area contributed by atoms with Crippen molar-refractivity contribution in [3.8, 4) is 0 Å². The molecule has 0 aromatic heterocycles. The quantitative estimate of drug-likeness (QED) is 0.182. The Labute approximate surface area is 225 Å². The van der Waals surface area contributed by atoms with Gasteiger partial charge in [-0.1, -0.05) is 87.4 Å². The second-order valence-electron chi connectivity index (χ2n) is 10.8. The Morgan fingerprint density at radius 2 is 0.946 bits per heavy atom. The van der Waals surface area contributed by atoms with Gasteiger partial charge in [0.2, 0.25) is 0 Å². The molecule has 208 valence electrons. The minimum atomic E-state index is -0.366. The molecule has 0 saturated carbocycles. The first-order valence-corrected chi connectivity index (χ1v) is 14.1. The van der Waals surface area contributed by atoms with E-state index < -0.39 is 0 Å². The first-order chi connectivity index (χ1) is 17.8. The molecule has 6 atom stereocenters. The van der Waals surface area contributed by atoms with E-state index in [1.54, 1.807) is 0 Å². The molecular weight excluding hydrogens is 464 g/mol. The van der Waals surface area contributed by atoms with Gasteiger partial charge < -0.3 is 24.4 Å². The highest BCUT2D eigenvalue weighted by Crippen LogP contribution is 2.22. The maximum absolute atomic E-state index is 9.70. The summed E-state index contributed by atoms with van der Waals surface area (Å²) < 4.78 is 19.0. The van der Waals surface area contributed by atoms with Gasteiger partial charge in [0.1, 0.15) is 0 Å². The Kier molecular flexibility index (Phi) is 15.7. The lowest BCUT2D eigenvalue weighted by atomic mass is 9.97. The fourth-order valence-electron chi connectivity index (χ4n) is 4.74. The molecule has 0 saturated heterocycles. The van der Waals surface area contributed by atoms with Crippen LogP contribution in [0.1, 0.15) is 90.2 Å². The fourth-order valence-corrected chi connectivity index (χ4v) is 4.74. The van der Waals surface area contributed by atoms with Crippen LogP contribution < -0.4 is 0 Å². The molecule has 0 spiro atoms. The average molecular weight is 515 g/mol. The molecule has 5 heteroatoms. The highest BCUT2D eigenvalue weighted by molar-refractivity contribution is 5.14. The molecule has 37 heavy (non-hydrogen) atoms. The van der Waals surface area contributed by atoms with Crippen molar-refractivity contribution >= 4 is 0 Å². The first-order valence-electron chi connectivity index (χ1n) is 14.1. The Bertz CT molecular complexity index is 728. The van der Waals surface area contributed by atoms with Crippen LogP contribution in [0.2, 0.25) is 0 Å². The minimum Gasteiger partial charge on any atom is -0.393 e. The summed E-state index contributed by atoms with van der Waals surface area (Å²) in [6, 6.07) is 20.4. The first kappa shape index (κ1) is 31.5. The lowest BCUT2D eigenvalue weighted by molar-refractivity contribution is -0.257. The summed E-state index contributed by atoms with van der Waals surface area (Å²) >= 11 is 0. The van der Waals surface area contributed by atoms with E-state index in [1.165, 1.54) is 0 Å². The highest BCUT2D eigenvalue weighted by atomic mass is 16.8. The molecule has 0 fully saturated rings. The number of hydrogen-bond acceptors (Lipinski definition) is 5. The average Bonchev–Trinajstić information content (AvgIpc) is 2.86. The van der Waals surface area contributed by atoms with E-state index in [2.05, 4.69) is 38.1 Å². The topological polar surface area (TPSA) is 68.2 Å². The van der Waals surface area contributed by atoms with Crippen LogP contribution in [0.4, 0.5) is 0 Å². The minimum absolute atomic E-state index is 0.275.